The van der Waals surface area contributed by atoms with Crippen LogP contribution in [0.4, 0.5) is 0 Å². The van der Waals surface area contributed by atoms with Gasteiger partial charge in [-0.1, -0.05) is 42.0 Å². The Morgan fingerprint density at radius 1 is 1.26 bits per heavy atom. The van der Waals surface area contributed by atoms with E-state index in [1.54, 1.807) is 0 Å². The molecule has 1 saturated heterocycles. The summed E-state index contributed by atoms with van der Waals surface area (Å²) in [6.07, 6.45) is 2.19. The van der Waals surface area contributed by atoms with Gasteiger partial charge in [-0.05, 0) is 37.5 Å². The number of hydrogen-bond acceptors (Lipinski definition) is 3. The molecule has 3 aromatic rings. The van der Waals surface area contributed by atoms with E-state index in [0.717, 1.165) is 36.2 Å². The van der Waals surface area contributed by atoms with Crippen LogP contribution >= 0.6 is 0 Å². The molecule has 1 fully saturated rings. The molecule has 1 amide bonds. The Morgan fingerprint density at radius 2 is 2.15 bits per heavy atom. The molecule has 1 aromatic heterocycles. The largest absolute Gasteiger partial charge is 0.368 e. The van der Waals surface area contributed by atoms with E-state index in [-0.39, 0.29) is 12.0 Å². The van der Waals surface area contributed by atoms with Crippen molar-refractivity contribution in [2.24, 2.45) is 0 Å². The molecule has 0 saturated carbocycles. The van der Waals surface area contributed by atoms with Gasteiger partial charge in [-0.3, -0.25) is 4.79 Å². The topological polar surface area (TPSA) is 56.2 Å². The highest BCUT2D eigenvalue weighted by Gasteiger charge is 2.23. The first-order valence-electron chi connectivity index (χ1n) is 9.60. The third-order valence-corrected chi connectivity index (χ3v) is 5.03. The van der Waals surface area contributed by atoms with E-state index in [1.165, 1.54) is 11.1 Å². The first-order valence-corrected chi connectivity index (χ1v) is 9.60. The Labute approximate surface area is 159 Å². The van der Waals surface area contributed by atoms with Gasteiger partial charge in [0, 0.05) is 26.1 Å². The number of nitrogens with zero attached hydrogens (tertiary/aromatic N) is 2. The quantitative estimate of drug-likeness (QED) is 0.731. The fourth-order valence-electron chi connectivity index (χ4n) is 3.68. The van der Waals surface area contributed by atoms with Crippen LogP contribution in [-0.4, -0.2) is 34.7 Å². The van der Waals surface area contributed by atoms with Crippen LogP contribution in [0.2, 0.25) is 0 Å². The average Bonchev–Trinajstić information content (AvgIpc) is 3.31. The lowest BCUT2D eigenvalue weighted by Crippen LogP contribution is -2.35. The maximum atomic E-state index is 12.2. The molecule has 0 spiro atoms. The van der Waals surface area contributed by atoms with Gasteiger partial charge in [-0.25, -0.2) is 4.98 Å². The third-order valence-electron chi connectivity index (χ3n) is 5.03. The summed E-state index contributed by atoms with van der Waals surface area (Å²) >= 11 is 0. The van der Waals surface area contributed by atoms with E-state index in [0.29, 0.717) is 19.6 Å². The number of imidazole rings is 1. The van der Waals surface area contributed by atoms with Crippen LogP contribution in [0.25, 0.3) is 11.0 Å². The number of fused-ring (bicyclic) bond motifs is 1. The summed E-state index contributed by atoms with van der Waals surface area (Å²) in [6.45, 7) is 4.13. The Bertz CT molecular complexity index is 942. The number of carbonyl (C=O) groups excluding carboxylic acids is 1. The lowest BCUT2D eigenvalue weighted by atomic mass is 10.1. The molecule has 1 aliphatic rings. The Balaban J connectivity index is 1.51. The molecule has 1 aliphatic heterocycles. The maximum Gasteiger partial charge on any atom is 0.249 e. The van der Waals surface area contributed by atoms with E-state index in [4.69, 9.17) is 9.72 Å². The number of aryl methyl sites for hydroxylation is 1. The minimum absolute atomic E-state index is 0.00570. The minimum atomic E-state index is -0.281. The fourth-order valence-corrected chi connectivity index (χ4v) is 3.68. The van der Waals surface area contributed by atoms with Gasteiger partial charge < -0.3 is 14.6 Å². The summed E-state index contributed by atoms with van der Waals surface area (Å²) in [5, 5.41) is 3.00. The zero-order valence-electron chi connectivity index (χ0n) is 15.6. The van der Waals surface area contributed by atoms with Crippen molar-refractivity contribution < 1.29 is 9.53 Å². The minimum Gasteiger partial charge on any atom is -0.368 e. The molecule has 0 radical (unpaired) electrons. The van der Waals surface area contributed by atoms with E-state index in [1.807, 2.05) is 18.2 Å². The molecule has 1 unspecified atom stereocenters. The summed E-state index contributed by atoms with van der Waals surface area (Å²) in [4.78, 5) is 17.0. The normalized spacial score (nSPS) is 16.7. The van der Waals surface area contributed by atoms with Crippen molar-refractivity contribution in [1.29, 1.82) is 0 Å². The summed E-state index contributed by atoms with van der Waals surface area (Å²) in [6, 6.07) is 16.7. The van der Waals surface area contributed by atoms with Crippen molar-refractivity contribution in [3.8, 4) is 0 Å². The molecule has 2 heterocycles. The van der Waals surface area contributed by atoms with Crippen molar-refractivity contribution in [1.82, 2.24) is 14.9 Å². The summed E-state index contributed by atoms with van der Waals surface area (Å²) in [5.74, 6) is 0.985. The molecule has 1 atom stereocenters. The van der Waals surface area contributed by atoms with E-state index < -0.39 is 0 Å². The smallest absolute Gasteiger partial charge is 0.249 e. The number of hydrogen-bond donors (Lipinski definition) is 1. The predicted octanol–water partition coefficient (Wildman–Crippen LogP) is 3.23. The predicted molar refractivity (Wildman–Crippen MR) is 106 cm³/mol. The summed E-state index contributed by atoms with van der Waals surface area (Å²) in [7, 11) is 0. The second kappa shape index (κ2) is 7.92. The second-order valence-electron chi connectivity index (χ2n) is 7.13. The molecular weight excluding hydrogens is 338 g/mol. The number of ether oxygens (including phenoxy) is 1. The van der Waals surface area contributed by atoms with Gasteiger partial charge >= 0.3 is 0 Å². The number of amides is 1. The van der Waals surface area contributed by atoms with E-state index in [2.05, 4.69) is 47.1 Å². The average molecular weight is 363 g/mol. The number of para-hydroxylation sites is 2. The summed E-state index contributed by atoms with van der Waals surface area (Å²) in [5.41, 5.74) is 4.62. The molecule has 140 valence electrons. The molecule has 5 nitrogen and oxygen atoms in total. The fraction of sp³-hybridized carbons (Fsp3) is 0.364. The van der Waals surface area contributed by atoms with Gasteiger partial charge in [0.2, 0.25) is 5.91 Å². The first-order chi connectivity index (χ1) is 13.2. The van der Waals surface area contributed by atoms with Crippen LogP contribution in [0.5, 0.6) is 0 Å². The van der Waals surface area contributed by atoms with E-state index >= 15 is 0 Å². The number of nitrogens with one attached hydrogen (secondary N) is 1. The van der Waals surface area contributed by atoms with Crippen molar-refractivity contribution in [3.63, 3.8) is 0 Å². The Hall–Kier alpha value is -2.66. The van der Waals surface area contributed by atoms with Gasteiger partial charge in [0.15, 0.2) is 0 Å². The Kier molecular flexibility index (Phi) is 5.21. The van der Waals surface area contributed by atoms with Gasteiger partial charge in [0.1, 0.15) is 11.9 Å². The van der Waals surface area contributed by atoms with Crippen molar-refractivity contribution in [3.05, 3.63) is 65.5 Å². The van der Waals surface area contributed by atoms with Crippen LogP contribution in [0, 0.1) is 6.92 Å². The Morgan fingerprint density at radius 3 is 2.96 bits per heavy atom. The molecule has 2 aromatic carbocycles. The zero-order chi connectivity index (χ0) is 18.6. The van der Waals surface area contributed by atoms with Crippen molar-refractivity contribution in [2.75, 3.05) is 13.2 Å². The highest BCUT2D eigenvalue weighted by atomic mass is 16.5. The monoisotopic (exact) mass is 363 g/mol. The molecule has 0 aliphatic carbocycles. The first kappa shape index (κ1) is 17.7. The van der Waals surface area contributed by atoms with Gasteiger partial charge in [0.25, 0.3) is 0 Å². The van der Waals surface area contributed by atoms with Crippen LogP contribution in [0.1, 0.15) is 29.8 Å². The zero-order valence-corrected chi connectivity index (χ0v) is 15.6. The SMILES string of the molecule is Cc1cccc(Cn2c(CCNC(=O)C3CCCO3)nc3ccccc32)c1. The van der Waals surface area contributed by atoms with Crippen molar-refractivity contribution >= 4 is 16.9 Å². The number of benzene rings is 2. The summed E-state index contributed by atoms with van der Waals surface area (Å²) < 4.78 is 7.70. The molecule has 27 heavy (non-hydrogen) atoms. The number of carbonyl (C=O) groups is 1. The van der Waals surface area contributed by atoms with Crippen molar-refractivity contribution in [2.45, 2.75) is 38.8 Å². The molecule has 0 bridgehead atoms. The number of rotatable bonds is 6. The molecule has 5 heteroatoms. The lowest BCUT2D eigenvalue weighted by Gasteiger charge is -2.12. The van der Waals surface area contributed by atoms with Gasteiger partial charge in [0.05, 0.1) is 11.0 Å². The lowest BCUT2D eigenvalue weighted by molar-refractivity contribution is -0.130. The van der Waals surface area contributed by atoms with E-state index in [9.17, 15) is 4.79 Å². The molecular formula is C22H25N3O2. The highest BCUT2D eigenvalue weighted by Crippen LogP contribution is 2.19. The standard InChI is InChI=1S/C22H25N3O2/c1-16-6-4-7-17(14-16)15-25-19-9-3-2-8-18(19)24-21(25)11-12-23-22(26)20-10-5-13-27-20/h2-4,6-9,14,20H,5,10-13,15H2,1H3,(H,23,26). The number of aromatic nitrogens is 2. The molecule has 1 N–H and O–H groups in total. The third kappa shape index (κ3) is 4.03. The van der Waals surface area contributed by atoms with Gasteiger partial charge in [-0.2, -0.15) is 0 Å². The second-order valence-corrected chi connectivity index (χ2v) is 7.13. The molecule has 4 rings (SSSR count). The highest BCUT2D eigenvalue weighted by molar-refractivity contribution is 5.81. The van der Waals surface area contributed by atoms with Crippen LogP contribution < -0.4 is 5.32 Å². The van der Waals surface area contributed by atoms with Crippen LogP contribution in [0.3, 0.4) is 0 Å². The van der Waals surface area contributed by atoms with Crippen LogP contribution in [-0.2, 0) is 22.5 Å². The van der Waals surface area contributed by atoms with Gasteiger partial charge in [-0.15, -0.1) is 0 Å². The maximum absolute atomic E-state index is 12.2. The van der Waals surface area contributed by atoms with Crippen LogP contribution in [0.15, 0.2) is 48.5 Å².